The van der Waals surface area contributed by atoms with E-state index in [4.69, 9.17) is 17.0 Å². The first-order valence-corrected chi connectivity index (χ1v) is 12.9. The van der Waals surface area contributed by atoms with E-state index in [-0.39, 0.29) is 17.0 Å². The van der Waals surface area contributed by atoms with Gasteiger partial charge in [0, 0.05) is 31.7 Å². The third kappa shape index (κ3) is 5.51. The molecule has 0 N–H and O–H groups in total. The van der Waals surface area contributed by atoms with E-state index in [0.29, 0.717) is 54.2 Å². The number of carbonyl (C=O) groups is 1. The van der Waals surface area contributed by atoms with Crippen LogP contribution in [0.5, 0.6) is 0 Å². The van der Waals surface area contributed by atoms with E-state index in [0.717, 1.165) is 24.2 Å². The molecule has 3 rings (SSSR count). The van der Waals surface area contributed by atoms with E-state index in [9.17, 15) is 14.9 Å². The molecule has 0 spiro atoms. The van der Waals surface area contributed by atoms with Gasteiger partial charge in [-0.1, -0.05) is 56.6 Å². The topological polar surface area (TPSA) is 78.6 Å². The number of nitrogens with zero attached hydrogens (tertiary/aromatic N) is 4. The summed E-state index contributed by atoms with van der Waals surface area (Å²) in [6, 6.07) is 2.07. The number of hydrogen-bond acceptors (Lipinski definition) is 7. The molecule has 1 aromatic heterocycles. The number of thiocarbonyl (C=S) groups is 1. The highest BCUT2D eigenvalue weighted by molar-refractivity contribution is 8.26. The van der Waals surface area contributed by atoms with Gasteiger partial charge in [0.05, 0.1) is 18.1 Å². The lowest BCUT2D eigenvalue weighted by Crippen LogP contribution is -2.41. The Morgan fingerprint density at radius 2 is 1.85 bits per heavy atom. The molecule has 0 saturated carbocycles. The summed E-state index contributed by atoms with van der Waals surface area (Å²) in [4.78, 5) is 30.6. The molecule has 0 aliphatic carbocycles. The fourth-order valence-corrected chi connectivity index (χ4v) is 5.54. The van der Waals surface area contributed by atoms with Crippen LogP contribution >= 0.6 is 24.0 Å². The van der Waals surface area contributed by atoms with Crippen LogP contribution < -0.4 is 10.5 Å². The number of thioether (sulfide) groups is 1. The van der Waals surface area contributed by atoms with Gasteiger partial charge in [-0.25, -0.2) is 0 Å². The van der Waals surface area contributed by atoms with Gasteiger partial charge in [0.1, 0.15) is 21.8 Å². The molecule has 2 fully saturated rings. The number of aromatic nitrogens is 1. The van der Waals surface area contributed by atoms with Crippen molar-refractivity contribution < 1.29 is 9.53 Å². The lowest BCUT2D eigenvalue weighted by Gasteiger charge is -2.33. The number of amides is 1. The lowest BCUT2D eigenvalue weighted by atomic mass is 10.0. The number of pyridine rings is 1. The minimum Gasteiger partial charge on any atom is -0.378 e. The first-order valence-electron chi connectivity index (χ1n) is 11.7. The molecule has 178 valence electrons. The number of nitriles is 1. The van der Waals surface area contributed by atoms with Crippen LogP contribution in [0, 0.1) is 18.3 Å². The normalized spacial score (nSPS) is 17.8. The second-order valence-electron chi connectivity index (χ2n) is 8.25. The van der Waals surface area contributed by atoms with Crippen molar-refractivity contribution in [2.24, 2.45) is 0 Å². The molecule has 0 aromatic carbocycles. The second-order valence-corrected chi connectivity index (χ2v) is 9.92. The number of hydrogen-bond donors (Lipinski definition) is 0. The van der Waals surface area contributed by atoms with Gasteiger partial charge in [0.15, 0.2) is 0 Å². The third-order valence-electron chi connectivity index (χ3n) is 6.11. The van der Waals surface area contributed by atoms with Crippen LogP contribution in [-0.2, 0) is 16.1 Å². The zero-order valence-electron chi connectivity index (χ0n) is 19.7. The number of anilines is 1. The molecule has 1 aromatic rings. The van der Waals surface area contributed by atoms with E-state index in [1.54, 1.807) is 16.4 Å². The zero-order valence-corrected chi connectivity index (χ0v) is 21.3. The highest BCUT2D eigenvalue weighted by atomic mass is 32.2. The van der Waals surface area contributed by atoms with Crippen molar-refractivity contribution in [3.63, 3.8) is 0 Å². The minimum absolute atomic E-state index is 0.0967. The number of ether oxygens (including phenoxy) is 1. The third-order valence-corrected chi connectivity index (χ3v) is 7.49. The maximum atomic E-state index is 13.2. The standard InChI is InChI=1S/C24H32N4O3S2/c1-4-6-7-8-9-10-28-23(30)20(33-24(28)32)15-18-17(3)19(16-25)22(29)27(5-2)21(18)26-11-13-31-14-12-26/h15H,4-14H2,1-3H3/b20-15-. The number of carbonyl (C=O) groups excluding carboxylic acids is 1. The Bertz CT molecular complexity index is 1040. The van der Waals surface area contributed by atoms with Gasteiger partial charge < -0.3 is 9.64 Å². The van der Waals surface area contributed by atoms with Crippen molar-refractivity contribution in [2.75, 3.05) is 37.7 Å². The Kier molecular flexibility index (Phi) is 9.12. The van der Waals surface area contributed by atoms with Gasteiger partial charge in [0.25, 0.3) is 11.5 Å². The first-order chi connectivity index (χ1) is 15.9. The van der Waals surface area contributed by atoms with Crippen molar-refractivity contribution >= 4 is 46.1 Å². The fourth-order valence-electron chi connectivity index (χ4n) is 4.25. The van der Waals surface area contributed by atoms with Crippen LogP contribution in [0.2, 0.25) is 0 Å². The van der Waals surface area contributed by atoms with Crippen molar-refractivity contribution in [3.05, 3.63) is 31.9 Å². The van der Waals surface area contributed by atoms with E-state index < -0.39 is 0 Å². The van der Waals surface area contributed by atoms with Crippen molar-refractivity contribution in [1.29, 1.82) is 5.26 Å². The van der Waals surface area contributed by atoms with Crippen LogP contribution in [0.15, 0.2) is 9.70 Å². The zero-order chi connectivity index (χ0) is 24.0. The molecule has 1 amide bonds. The quantitative estimate of drug-likeness (QED) is 0.295. The summed E-state index contributed by atoms with van der Waals surface area (Å²) in [7, 11) is 0. The monoisotopic (exact) mass is 488 g/mol. The molecule has 2 aliphatic rings. The Morgan fingerprint density at radius 3 is 2.48 bits per heavy atom. The lowest BCUT2D eigenvalue weighted by molar-refractivity contribution is -0.122. The van der Waals surface area contributed by atoms with E-state index in [1.807, 2.05) is 13.0 Å². The molecule has 2 aliphatic heterocycles. The molecule has 0 bridgehead atoms. The largest absolute Gasteiger partial charge is 0.378 e. The fraction of sp³-hybridized carbons (Fsp3) is 0.583. The van der Waals surface area contributed by atoms with Gasteiger partial charge in [-0.05, 0) is 31.9 Å². The van der Waals surface area contributed by atoms with Crippen molar-refractivity contribution in [1.82, 2.24) is 9.47 Å². The van der Waals surface area contributed by atoms with Gasteiger partial charge in [-0.2, -0.15) is 5.26 Å². The molecule has 3 heterocycles. The summed E-state index contributed by atoms with van der Waals surface area (Å²) in [6.45, 7) is 9.33. The predicted molar refractivity (Wildman–Crippen MR) is 137 cm³/mol. The molecular weight excluding hydrogens is 456 g/mol. The second kappa shape index (κ2) is 11.8. The average molecular weight is 489 g/mol. The van der Waals surface area contributed by atoms with Crippen molar-refractivity contribution in [2.45, 2.75) is 59.4 Å². The smallest absolute Gasteiger partial charge is 0.270 e. The maximum absolute atomic E-state index is 13.2. The molecule has 2 saturated heterocycles. The van der Waals surface area contributed by atoms with E-state index in [2.05, 4.69) is 17.9 Å². The maximum Gasteiger partial charge on any atom is 0.270 e. The van der Waals surface area contributed by atoms with Gasteiger partial charge in [0.2, 0.25) is 0 Å². The summed E-state index contributed by atoms with van der Waals surface area (Å²) >= 11 is 6.81. The van der Waals surface area contributed by atoms with Crippen LogP contribution in [0.4, 0.5) is 5.82 Å². The van der Waals surface area contributed by atoms with Crippen LogP contribution in [0.3, 0.4) is 0 Å². The van der Waals surface area contributed by atoms with Gasteiger partial charge >= 0.3 is 0 Å². The highest BCUT2D eigenvalue weighted by Crippen LogP contribution is 2.36. The van der Waals surface area contributed by atoms with Crippen LogP contribution in [-0.4, -0.2) is 52.5 Å². The van der Waals surface area contributed by atoms with Crippen LogP contribution in [0.1, 0.15) is 62.6 Å². The minimum atomic E-state index is -0.296. The van der Waals surface area contributed by atoms with Crippen LogP contribution in [0.25, 0.3) is 6.08 Å². The molecule has 0 unspecified atom stereocenters. The summed E-state index contributed by atoms with van der Waals surface area (Å²) in [5.74, 6) is 0.646. The summed E-state index contributed by atoms with van der Waals surface area (Å²) in [6.07, 6.45) is 7.38. The van der Waals surface area contributed by atoms with E-state index in [1.165, 1.54) is 31.0 Å². The van der Waals surface area contributed by atoms with E-state index >= 15 is 0 Å². The average Bonchev–Trinajstić information content (AvgIpc) is 3.08. The van der Waals surface area contributed by atoms with Crippen molar-refractivity contribution in [3.8, 4) is 6.07 Å². The first kappa shape index (κ1) is 25.5. The molecule has 0 atom stereocenters. The summed E-state index contributed by atoms with van der Waals surface area (Å²) in [5, 5.41) is 9.68. The summed E-state index contributed by atoms with van der Waals surface area (Å²) in [5.41, 5.74) is 1.15. The SMILES string of the molecule is CCCCCCCN1C(=O)/C(=C/c2c(C)c(C#N)c(=O)n(CC)c2N2CCOCC2)SC1=S. The molecule has 7 nitrogen and oxygen atoms in total. The Balaban J connectivity index is 1.99. The summed E-state index contributed by atoms with van der Waals surface area (Å²) < 4.78 is 7.70. The Labute approximate surface area is 205 Å². The molecule has 33 heavy (non-hydrogen) atoms. The number of morpholine rings is 1. The molecular formula is C24H32N4O3S2. The number of unbranched alkanes of at least 4 members (excludes halogenated alkanes) is 4. The molecule has 0 radical (unpaired) electrons. The Morgan fingerprint density at radius 1 is 1.15 bits per heavy atom. The molecule has 9 heteroatoms. The Hall–Kier alpha value is -2.15. The van der Waals surface area contributed by atoms with Gasteiger partial charge in [-0.3, -0.25) is 19.1 Å². The van der Waals surface area contributed by atoms with Gasteiger partial charge in [-0.15, -0.1) is 0 Å². The number of rotatable bonds is 9. The highest BCUT2D eigenvalue weighted by Gasteiger charge is 2.33. The predicted octanol–water partition coefficient (Wildman–Crippen LogP) is 4.06.